The van der Waals surface area contributed by atoms with Crippen LogP contribution in [0.5, 0.6) is 0 Å². The molecule has 0 spiro atoms. The number of hydrogen-bond donors (Lipinski definition) is 1. The zero-order chi connectivity index (χ0) is 14.7. The summed E-state index contributed by atoms with van der Waals surface area (Å²) >= 11 is 3.34. The van der Waals surface area contributed by atoms with Crippen molar-refractivity contribution in [1.82, 2.24) is 14.8 Å². The highest BCUT2D eigenvalue weighted by molar-refractivity contribution is 9.10. The predicted octanol–water partition coefficient (Wildman–Crippen LogP) is 2.23. The summed E-state index contributed by atoms with van der Waals surface area (Å²) in [4.78, 5) is 12.1. The molecule has 0 aromatic carbocycles. The van der Waals surface area contributed by atoms with E-state index in [-0.39, 0.29) is 12.1 Å². The molecule has 0 bridgehead atoms. The molecule has 0 saturated carbocycles. The first-order chi connectivity index (χ1) is 9.54. The van der Waals surface area contributed by atoms with Crippen molar-refractivity contribution in [3.05, 3.63) is 21.0 Å². The van der Waals surface area contributed by atoms with Gasteiger partial charge in [0.05, 0.1) is 11.9 Å². The van der Waals surface area contributed by atoms with Gasteiger partial charge in [-0.1, -0.05) is 12.3 Å². The molecule has 1 saturated heterocycles. The summed E-state index contributed by atoms with van der Waals surface area (Å²) in [5.74, 6) is 2.42. The molecule has 1 aliphatic heterocycles. The maximum absolute atomic E-state index is 12.1. The monoisotopic (exact) mass is 338 g/mol. The molecule has 0 radical (unpaired) electrons. The van der Waals surface area contributed by atoms with Crippen molar-refractivity contribution in [1.29, 1.82) is 0 Å². The maximum atomic E-state index is 12.1. The molecular weight excluding hydrogens is 320 g/mol. The van der Waals surface area contributed by atoms with Crippen LogP contribution in [0.25, 0.3) is 0 Å². The molecule has 2 heterocycles. The van der Waals surface area contributed by atoms with Gasteiger partial charge in [0.15, 0.2) is 0 Å². The molecule has 108 valence electrons. The lowest BCUT2D eigenvalue weighted by Crippen LogP contribution is -2.47. The van der Waals surface area contributed by atoms with E-state index in [1.165, 1.54) is 11.1 Å². The first-order valence-corrected chi connectivity index (χ1v) is 7.58. The Balaban J connectivity index is 2.24. The number of terminal acetylenes is 1. The average Bonchev–Trinajstić information content (AvgIpc) is 2.42. The molecule has 5 nitrogen and oxygen atoms in total. The summed E-state index contributed by atoms with van der Waals surface area (Å²) in [6.07, 6.45) is 10.4. The topological polar surface area (TPSA) is 50.2 Å². The normalized spacial score (nSPS) is 23.3. The molecule has 0 amide bonds. The van der Waals surface area contributed by atoms with Gasteiger partial charge in [-0.25, -0.2) is 9.69 Å². The van der Waals surface area contributed by atoms with Crippen molar-refractivity contribution < 1.29 is 0 Å². The lowest BCUT2D eigenvalue weighted by Gasteiger charge is -2.39. The Labute approximate surface area is 127 Å². The Bertz CT molecular complexity index is 568. The maximum Gasteiger partial charge on any atom is 0.284 e. The van der Waals surface area contributed by atoms with Crippen LogP contribution < -0.4 is 11.0 Å². The Morgan fingerprint density at radius 3 is 2.75 bits per heavy atom. The van der Waals surface area contributed by atoms with Crippen LogP contribution in [0.15, 0.2) is 15.5 Å². The molecule has 2 unspecified atom stereocenters. The van der Waals surface area contributed by atoms with Gasteiger partial charge in [0.25, 0.3) is 5.56 Å². The molecule has 0 aliphatic carbocycles. The Morgan fingerprint density at radius 2 is 2.15 bits per heavy atom. The SMILES string of the molecule is C#CCn1ncc(NN2C(C)CCCC2C)c(Br)c1=O. The summed E-state index contributed by atoms with van der Waals surface area (Å²) in [7, 11) is 0. The van der Waals surface area contributed by atoms with Gasteiger partial charge in [-0.3, -0.25) is 4.79 Å². The first kappa shape index (κ1) is 15.1. The van der Waals surface area contributed by atoms with Crippen LogP contribution in [-0.4, -0.2) is 26.9 Å². The van der Waals surface area contributed by atoms with Crippen molar-refractivity contribution >= 4 is 21.6 Å². The second-order valence-electron chi connectivity index (χ2n) is 5.19. The summed E-state index contributed by atoms with van der Waals surface area (Å²) in [6.45, 7) is 4.54. The van der Waals surface area contributed by atoms with Gasteiger partial charge in [-0.05, 0) is 42.6 Å². The van der Waals surface area contributed by atoms with Gasteiger partial charge in [0, 0.05) is 12.1 Å². The molecule has 20 heavy (non-hydrogen) atoms. The van der Waals surface area contributed by atoms with E-state index in [0.29, 0.717) is 22.2 Å². The highest BCUT2D eigenvalue weighted by atomic mass is 79.9. The van der Waals surface area contributed by atoms with Crippen LogP contribution in [0, 0.1) is 12.3 Å². The van der Waals surface area contributed by atoms with E-state index < -0.39 is 0 Å². The number of aromatic nitrogens is 2. The number of halogens is 1. The fourth-order valence-electron chi connectivity index (χ4n) is 2.52. The van der Waals surface area contributed by atoms with Crippen LogP contribution in [0.2, 0.25) is 0 Å². The van der Waals surface area contributed by atoms with Crippen LogP contribution in [0.3, 0.4) is 0 Å². The number of hydrogen-bond acceptors (Lipinski definition) is 4. The van der Waals surface area contributed by atoms with Crippen molar-refractivity contribution in [3.8, 4) is 12.3 Å². The Kier molecular flexibility index (Phi) is 4.84. The number of anilines is 1. The standard InChI is InChI=1S/C14H19BrN4O/c1-4-8-18-14(20)13(15)12(9-16-18)17-19-10(2)6-5-7-11(19)3/h1,9-11,17H,5-8H2,2-3H3. The molecule has 1 aliphatic rings. The number of piperidine rings is 1. The summed E-state index contributed by atoms with van der Waals surface area (Å²) < 4.78 is 1.73. The minimum absolute atomic E-state index is 0.175. The van der Waals surface area contributed by atoms with Gasteiger partial charge in [0.2, 0.25) is 0 Å². The Morgan fingerprint density at radius 1 is 1.50 bits per heavy atom. The number of rotatable bonds is 3. The highest BCUT2D eigenvalue weighted by Crippen LogP contribution is 2.25. The van der Waals surface area contributed by atoms with E-state index in [9.17, 15) is 4.79 Å². The van der Waals surface area contributed by atoms with Gasteiger partial charge >= 0.3 is 0 Å². The zero-order valence-corrected chi connectivity index (χ0v) is 13.4. The van der Waals surface area contributed by atoms with E-state index in [0.717, 1.165) is 12.8 Å². The highest BCUT2D eigenvalue weighted by Gasteiger charge is 2.25. The van der Waals surface area contributed by atoms with Gasteiger partial charge in [0.1, 0.15) is 11.0 Å². The second-order valence-corrected chi connectivity index (χ2v) is 5.98. The molecule has 1 aromatic heterocycles. The van der Waals surface area contributed by atoms with E-state index in [1.54, 1.807) is 6.20 Å². The van der Waals surface area contributed by atoms with Crippen LogP contribution in [-0.2, 0) is 6.54 Å². The van der Waals surface area contributed by atoms with Crippen molar-refractivity contribution in [2.75, 3.05) is 5.43 Å². The van der Waals surface area contributed by atoms with Crippen molar-refractivity contribution in [2.24, 2.45) is 0 Å². The first-order valence-electron chi connectivity index (χ1n) is 6.78. The minimum atomic E-state index is -0.217. The lowest BCUT2D eigenvalue weighted by atomic mass is 10.00. The Hall–Kier alpha value is -1.32. The molecule has 1 fully saturated rings. The number of hydrazine groups is 1. The second kappa shape index (κ2) is 6.42. The third kappa shape index (κ3) is 3.05. The van der Waals surface area contributed by atoms with Gasteiger partial charge < -0.3 is 5.43 Å². The van der Waals surface area contributed by atoms with E-state index in [1.807, 2.05) is 0 Å². The number of nitrogens with zero attached hydrogens (tertiary/aromatic N) is 3. The summed E-state index contributed by atoms with van der Waals surface area (Å²) in [6, 6.07) is 0.859. The molecule has 6 heteroatoms. The quantitative estimate of drug-likeness (QED) is 0.858. The summed E-state index contributed by atoms with van der Waals surface area (Å²) in [5, 5.41) is 6.28. The fourth-order valence-corrected chi connectivity index (χ4v) is 2.92. The van der Waals surface area contributed by atoms with Crippen molar-refractivity contribution in [2.45, 2.75) is 51.7 Å². The molecule has 1 N–H and O–H groups in total. The molecule has 2 atom stereocenters. The fraction of sp³-hybridized carbons (Fsp3) is 0.571. The van der Waals surface area contributed by atoms with Crippen molar-refractivity contribution in [3.63, 3.8) is 0 Å². The van der Waals surface area contributed by atoms with E-state index in [4.69, 9.17) is 6.42 Å². The molecular formula is C14H19BrN4O. The van der Waals surface area contributed by atoms with Crippen LogP contribution >= 0.6 is 15.9 Å². The zero-order valence-electron chi connectivity index (χ0n) is 11.8. The van der Waals surface area contributed by atoms with Crippen LogP contribution in [0.1, 0.15) is 33.1 Å². The van der Waals surface area contributed by atoms with Gasteiger partial charge in [-0.2, -0.15) is 5.10 Å². The average molecular weight is 339 g/mol. The third-order valence-corrected chi connectivity index (χ3v) is 4.44. The van der Waals surface area contributed by atoms with Crippen LogP contribution in [0.4, 0.5) is 5.69 Å². The molecule has 2 rings (SSSR count). The lowest BCUT2D eigenvalue weighted by molar-refractivity contribution is 0.135. The third-order valence-electron chi connectivity index (χ3n) is 3.67. The largest absolute Gasteiger partial charge is 0.316 e. The summed E-state index contributed by atoms with van der Waals surface area (Å²) in [5.41, 5.74) is 3.78. The number of nitrogens with one attached hydrogen (secondary N) is 1. The molecule has 1 aromatic rings. The predicted molar refractivity (Wildman–Crippen MR) is 83.3 cm³/mol. The van der Waals surface area contributed by atoms with E-state index >= 15 is 0 Å². The smallest absolute Gasteiger partial charge is 0.284 e. The minimum Gasteiger partial charge on any atom is -0.316 e. The van der Waals surface area contributed by atoms with Gasteiger partial charge in [-0.15, -0.1) is 6.42 Å². The van der Waals surface area contributed by atoms with E-state index in [2.05, 4.69) is 51.2 Å².